The number of rotatable bonds is 6. The lowest BCUT2D eigenvalue weighted by molar-refractivity contribution is -0.129. The van der Waals surface area contributed by atoms with Crippen molar-refractivity contribution in [3.63, 3.8) is 0 Å². The molecule has 2 aromatic heterocycles. The third kappa shape index (κ3) is 5.23. The Morgan fingerprint density at radius 1 is 1.16 bits per heavy atom. The van der Waals surface area contributed by atoms with E-state index in [9.17, 15) is 14.4 Å². The summed E-state index contributed by atoms with van der Waals surface area (Å²) < 4.78 is 6.30. The Morgan fingerprint density at radius 2 is 1.92 bits per heavy atom. The van der Waals surface area contributed by atoms with E-state index in [2.05, 4.69) is 27.1 Å². The molecule has 11 nitrogen and oxygen atoms in total. The Morgan fingerprint density at radius 3 is 2.59 bits per heavy atom. The number of ether oxygens (including phenoxy) is 1. The van der Waals surface area contributed by atoms with Crippen LogP contribution in [0.1, 0.15) is 58.9 Å². The Labute approximate surface area is 213 Å². The summed E-state index contributed by atoms with van der Waals surface area (Å²) in [4.78, 5) is 48.0. The van der Waals surface area contributed by atoms with Crippen molar-refractivity contribution in [3.05, 3.63) is 59.7 Å². The van der Waals surface area contributed by atoms with Crippen LogP contribution in [0.5, 0.6) is 5.75 Å². The molecule has 5 N–H and O–H groups in total. The molecule has 11 heteroatoms. The molecule has 1 aromatic carbocycles. The number of imidazole rings is 1. The summed E-state index contributed by atoms with van der Waals surface area (Å²) in [5.41, 5.74) is 6.84. The number of nitrogens with one attached hydrogen (secondary N) is 1. The van der Waals surface area contributed by atoms with Crippen LogP contribution in [-0.2, 0) is 4.79 Å². The van der Waals surface area contributed by atoms with Gasteiger partial charge < -0.3 is 26.5 Å². The van der Waals surface area contributed by atoms with Crippen molar-refractivity contribution >= 4 is 23.5 Å². The monoisotopic (exact) mass is 501 g/mol. The van der Waals surface area contributed by atoms with Gasteiger partial charge >= 0.3 is 0 Å². The highest BCUT2D eigenvalue weighted by molar-refractivity contribution is 6.04. The molecule has 0 unspecified atom stereocenters. The fraction of sp³-hybridized carbons (Fsp3) is 0.269. The minimum atomic E-state index is -0.760. The van der Waals surface area contributed by atoms with Crippen molar-refractivity contribution in [2.45, 2.75) is 32.2 Å². The number of piperidine rings is 1. The number of carbonyl (C=O) groups is 3. The van der Waals surface area contributed by atoms with E-state index in [0.717, 1.165) is 17.5 Å². The number of amides is 3. The molecule has 1 fully saturated rings. The van der Waals surface area contributed by atoms with Crippen LogP contribution in [0.4, 0.5) is 5.82 Å². The zero-order valence-corrected chi connectivity index (χ0v) is 20.5. The molecule has 3 amide bonds. The molecule has 0 aliphatic carbocycles. The SMILES string of the molecule is CC#CC(=O)N1CCCC[C@H]1c1nc(-c2ccc(C(=O)Nc3cc(OC)ccn3)cc2)c(C(N)=O)n1N. The number of pyridine rings is 1. The number of methoxy groups -OCH3 is 1. The molecule has 3 aromatic rings. The predicted octanol–water partition coefficient (Wildman–Crippen LogP) is 2.10. The smallest absolute Gasteiger partial charge is 0.299 e. The quantitative estimate of drug-likeness (QED) is 0.344. The van der Waals surface area contributed by atoms with Gasteiger partial charge in [-0.15, -0.1) is 0 Å². The van der Waals surface area contributed by atoms with E-state index in [1.165, 1.54) is 13.3 Å². The molecular weight excluding hydrogens is 474 g/mol. The topological polar surface area (TPSA) is 158 Å². The number of aromatic nitrogens is 3. The zero-order chi connectivity index (χ0) is 26.5. The summed E-state index contributed by atoms with van der Waals surface area (Å²) in [6, 6.07) is 9.32. The van der Waals surface area contributed by atoms with Gasteiger partial charge in [-0.2, -0.15) is 0 Å². The molecule has 4 rings (SSSR count). The van der Waals surface area contributed by atoms with Gasteiger partial charge in [0.15, 0.2) is 11.5 Å². The van der Waals surface area contributed by atoms with Gasteiger partial charge in [0.05, 0.1) is 13.2 Å². The minimum Gasteiger partial charge on any atom is -0.497 e. The van der Waals surface area contributed by atoms with Gasteiger partial charge in [0.2, 0.25) is 0 Å². The number of primary amides is 1. The second-order valence-electron chi connectivity index (χ2n) is 8.40. The second kappa shape index (κ2) is 10.8. The number of nitrogens with two attached hydrogens (primary N) is 2. The third-order valence-corrected chi connectivity index (χ3v) is 6.09. The molecule has 37 heavy (non-hydrogen) atoms. The van der Waals surface area contributed by atoms with E-state index in [0.29, 0.717) is 41.5 Å². The molecule has 0 saturated carbocycles. The van der Waals surface area contributed by atoms with E-state index in [-0.39, 0.29) is 23.2 Å². The molecule has 0 bridgehead atoms. The number of nitrogens with zero attached hydrogens (tertiary/aromatic N) is 4. The standard InChI is InChI=1S/C26H27N7O4/c1-3-6-21(34)32-14-5-4-7-19(32)25-31-22(23(24(27)35)33(25)28)16-8-10-17(11-9-16)26(36)30-20-15-18(37-2)12-13-29-20/h8-13,15,19H,4-5,7,14,28H2,1-2H3,(H2,27,35)(H,29,30,36)/t19-/m0/s1. The van der Waals surface area contributed by atoms with Crippen LogP contribution in [0.15, 0.2) is 42.6 Å². The van der Waals surface area contributed by atoms with Gasteiger partial charge in [-0.05, 0) is 50.3 Å². The number of benzene rings is 1. The average Bonchev–Trinajstić information content (AvgIpc) is 3.26. The Balaban J connectivity index is 1.64. The second-order valence-corrected chi connectivity index (χ2v) is 8.40. The Bertz CT molecular complexity index is 1400. The van der Waals surface area contributed by atoms with Gasteiger partial charge in [-0.1, -0.05) is 18.1 Å². The van der Waals surface area contributed by atoms with Crippen LogP contribution in [0.25, 0.3) is 11.3 Å². The van der Waals surface area contributed by atoms with E-state index >= 15 is 0 Å². The van der Waals surface area contributed by atoms with Crippen molar-refractivity contribution < 1.29 is 19.1 Å². The third-order valence-electron chi connectivity index (χ3n) is 6.09. The van der Waals surface area contributed by atoms with Gasteiger partial charge in [-0.25, -0.2) is 14.6 Å². The first kappa shape index (κ1) is 25.2. The molecular formula is C26H27N7O4. The van der Waals surface area contributed by atoms with Crippen LogP contribution in [0, 0.1) is 11.8 Å². The van der Waals surface area contributed by atoms with Gasteiger partial charge in [0, 0.05) is 29.9 Å². The first-order valence-electron chi connectivity index (χ1n) is 11.7. The van der Waals surface area contributed by atoms with E-state index in [1.807, 2.05) is 0 Å². The van der Waals surface area contributed by atoms with Crippen LogP contribution in [-0.4, -0.2) is 50.9 Å². The van der Waals surface area contributed by atoms with Crippen molar-refractivity contribution in [1.29, 1.82) is 0 Å². The zero-order valence-electron chi connectivity index (χ0n) is 20.5. The highest BCUT2D eigenvalue weighted by Gasteiger charge is 2.33. The van der Waals surface area contributed by atoms with E-state index in [1.54, 1.807) is 48.2 Å². The Hall–Kier alpha value is -4.85. The number of hydrogen-bond acceptors (Lipinski definition) is 7. The summed E-state index contributed by atoms with van der Waals surface area (Å²) in [5, 5.41) is 2.71. The number of hydrogen-bond donors (Lipinski definition) is 3. The van der Waals surface area contributed by atoms with Gasteiger partial charge in [0.25, 0.3) is 17.7 Å². The van der Waals surface area contributed by atoms with E-state index < -0.39 is 11.9 Å². The first-order chi connectivity index (χ1) is 17.8. The molecule has 190 valence electrons. The maximum absolute atomic E-state index is 12.7. The molecule has 1 saturated heterocycles. The van der Waals surface area contributed by atoms with Crippen molar-refractivity contribution in [1.82, 2.24) is 19.5 Å². The highest BCUT2D eigenvalue weighted by Crippen LogP contribution is 2.33. The maximum Gasteiger partial charge on any atom is 0.299 e. The molecule has 1 atom stereocenters. The van der Waals surface area contributed by atoms with Gasteiger partial charge in [0.1, 0.15) is 17.3 Å². The van der Waals surface area contributed by atoms with Crippen LogP contribution < -0.4 is 21.6 Å². The summed E-state index contributed by atoms with van der Waals surface area (Å²) in [6.45, 7) is 2.11. The van der Waals surface area contributed by atoms with Crippen LogP contribution >= 0.6 is 0 Å². The summed E-state index contributed by atoms with van der Waals surface area (Å²) in [5.74, 6) is 11.3. The number of carbonyl (C=O) groups excluding carboxylic acids is 3. The normalized spacial score (nSPS) is 14.9. The van der Waals surface area contributed by atoms with Crippen LogP contribution in [0.3, 0.4) is 0 Å². The van der Waals surface area contributed by atoms with Crippen molar-refractivity contribution in [2.24, 2.45) is 5.73 Å². The molecule has 3 heterocycles. The van der Waals surface area contributed by atoms with Crippen LogP contribution in [0.2, 0.25) is 0 Å². The summed E-state index contributed by atoms with van der Waals surface area (Å²) in [7, 11) is 1.52. The first-order valence-corrected chi connectivity index (χ1v) is 11.7. The molecule has 1 aliphatic rings. The average molecular weight is 502 g/mol. The number of likely N-dealkylation sites (tertiary alicyclic amines) is 1. The van der Waals surface area contributed by atoms with Gasteiger partial charge in [-0.3, -0.25) is 14.4 Å². The lowest BCUT2D eigenvalue weighted by Crippen LogP contribution is -2.40. The lowest BCUT2D eigenvalue weighted by atomic mass is 10.0. The lowest BCUT2D eigenvalue weighted by Gasteiger charge is -2.33. The maximum atomic E-state index is 12.7. The molecule has 0 spiro atoms. The van der Waals surface area contributed by atoms with Crippen molar-refractivity contribution in [2.75, 3.05) is 24.8 Å². The minimum absolute atomic E-state index is 0.00679. The molecule has 0 radical (unpaired) electrons. The fourth-order valence-electron chi connectivity index (χ4n) is 4.32. The largest absolute Gasteiger partial charge is 0.497 e. The summed E-state index contributed by atoms with van der Waals surface area (Å²) >= 11 is 0. The van der Waals surface area contributed by atoms with E-state index in [4.69, 9.17) is 16.3 Å². The Kier molecular flexibility index (Phi) is 7.39. The number of anilines is 1. The van der Waals surface area contributed by atoms with Crippen molar-refractivity contribution in [3.8, 4) is 28.8 Å². The highest BCUT2D eigenvalue weighted by atomic mass is 16.5. The fourth-order valence-corrected chi connectivity index (χ4v) is 4.32. The number of nitrogen functional groups attached to an aromatic ring is 1. The predicted molar refractivity (Wildman–Crippen MR) is 137 cm³/mol. The summed E-state index contributed by atoms with van der Waals surface area (Å²) in [6.07, 6.45) is 3.86. The molecule has 1 aliphatic heterocycles.